The normalized spacial score (nSPS) is 13.1. The van der Waals surface area contributed by atoms with Crippen LogP contribution in [0, 0.1) is 11.3 Å². The van der Waals surface area contributed by atoms with E-state index in [1.807, 2.05) is 0 Å². The number of nitrogens with two attached hydrogens (primary N) is 1. The van der Waals surface area contributed by atoms with Gasteiger partial charge >= 0.3 is 0 Å². The molecule has 0 saturated heterocycles. The first kappa shape index (κ1) is 8.78. The van der Waals surface area contributed by atoms with Crippen molar-refractivity contribution in [3.63, 3.8) is 0 Å². The number of rotatable bonds is 3. The monoisotopic (exact) mass is 242 g/mol. The molecule has 0 aliphatic rings. The van der Waals surface area contributed by atoms with Crippen molar-refractivity contribution in [2.24, 2.45) is 5.72 Å². The van der Waals surface area contributed by atoms with E-state index < -0.39 is 16.5 Å². The first-order chi connectivity index (χ1) is 7.97. The Balaban J connectivity index is 3.17. The van der Waals surface area contributed by atoms with E-state index in [9.17, 15) is 4.79 Å². The zero-order chi connectivity index (χ0) is 13.0. The van der Waals surface area contributed by atoms with E-state index in [-0.39, 0.29) is 11.3 Å². The summed E-state index contributed by atoms with van der Waals surface area (Å²) in [6.45, 7) is 0. The van der Waals surface area contributed by atoms with Crippen molar-refractivity contribution in [2.45, 2.75) is 0 Å². The minimum atomic E-state index is -0.654. The number of nitriles is 1. The number of ketones is 1. The molecule has 15 heavy (non-hydrogen) atoms. The van der Waals surface area contributed by atoms with Crippen LogP contribution in [0.2, 0.25) is 7.85 Å². The van der Waals surface area contributed by atoms with Crippen LogP contribution in [0.25, 0.3) is 0 Å². The second kappa shape index (κ2) is 4.83. The van der Waals surface area contributed by atoms with Gasteiger partial charge in [-0.1, -0.05) is 23.2 Å². The third-order valence-corrected chi connectivity index (χ3v) is 2.09. The molecule has 0 saturated carbocycles. The largest absolute Gasteiger partial charge is 0.388 e. The quantitative estimate of drug-likeness (QED) is 0.383. The van der Waals surface area contributed by atoms with Gasteiger partial charge in [-0.2, -0.15) is 5.26 Å². The standard InChI is InChI=1S/C10H6Cl2N2O/c11-7-3-1-6(2-4-7)9(15)8(5-13)10(12)14/h1-4H,14H2/b10-8+/i/hD2. The number of allylic oxidation sites excluding steroid dienone is 1. The van der Waals surface area contributed by atoms with Crippen LogP contribution in [0.15, 0.2) is 35.0 Å². The van der Waals surface area contributed by atoms with Crippen molar-refractivity contribution in [2.75, 3.05) is 0 Å². The van der Waals surface area contributed by atoms with Crippen LogP contribution < -0.4 is 5.72 Å². The average molecular weight is 243 g/mol. The fourth-order valence-electron chi connectivity index (χ4n) is 0.936. The molecule has 0 amide bonds. The van der Waals surface area contributed by atoms with E-state index in [4.69, 9.17) is 31.3 Å². The van der Waals surface area contributed by atoms with Gasteiger partial charge in [-0.25, -0.2) is 0 Å². The Hall–Kier alpha value is -1.50. The van der Waals surface area contributed by atoms with Gasteiger partial charge in [-0.05, 0) is 24.3 Å². The summed E-state index contributed by atoms with van der Waals surface area (Å²) >= 11 is 11.2. The molecule has 0 unspecified atom stereocenters. The highest BCUT2D eigenvalue weighted by molar-refractivity contribution is 6.33. The molecule has 2 N–H and O–H groups in total. The molecule has 0 radical (unpaired) electrons. The smallest absolute Gasteiger partial charge is 0.206 e. The second-order valence-corrected chi connectivity index (χ2v) is 3.41. The molecule has 1 aromatic carbocycles. The van der Waals surface area contributed by atoms with E-state index in [0.717, 1.165) is 0 Å². The van der Waals surface area contributed by atoms with Gasteiger partial charge in [0.15, 0.2) is 2.82 Å². The van der Waals surface area contributed by atoms with Gasteiger partial charge in [-0.3, -0.25) is 4.79 Å². The maximum Gasteiger partial charge on any atom is 0.206 e. The van der Waals surface area contributed by atoms with Crippen LogP contribution in [-0.2, 0) is 0 Å². The summed E-state index contributed by atoms with van der Waals surface area (Å²) in [5.74, 6) is -0.654. The van der Waals surface area contributed by atoms with Crippen molar-refractivity contribution in [3.8, 4) is 6.07 Å². The lowest BCUT2D eigenvalue weighted by Crippen LogP contribution is -2.07. The van der Waals surface area contributed by atoms with Gasteiger partial charge in [0, 0.05) is 10.6 Å². The summed E-state index contributed by atoms with van der Waals surface area (Å²) in [5, 5.41) is 8.71. The Morgan fingerprint density at radius 3 is 2.53 bits per heavy atom. The zero-order valence-electron chi connectivity index (χ0n) is 9.37. The number of Topliss-reactive ketones (excluding diaryl/α,β-unsaturated/α-hetero) is 1. The number of carbonyl (C=O) groups excluding carboxylic acids is 1. The van der Waals surface area contributed by atoms with Crippen LogP contribution in [0.3, 0.4) is 0 Å². The van der Waals surface area contributed by atoms with E-state index in [2.05, 4.69) is 0 Å². The molecule has 0 spiro atoms. The molecule has 3 nitrogen and oxygen atoms in total. The number of nitrogens with zero attached hydrogens (tertiary/aromatic N) is 1. The Morgan fingerprint density at radius 1 is 1.47 bits per heavy atom. The van der Waals surface area contributed by atoms with Crippen LogP contribution in [0.5, 0.6) is 0 Å². The molecular weight excluding hydrogens is 235 g/mol. The predicted octanol–water partition coefficient (Wildman–Crippen LogP) is 2.46. The van der Waals surface area contributed by atoms with E-state index in [1.165, 1.54) is 24.3 Å². The number of carbonyl (C=O) groups is 1. The van der Waals surface area contributed by atoms with Crippen LogP contribution in [0.1, 0.15) is 10.4 Å². The van der Waals surface area contributed by atoms with Crippen molar-refractivity contribution >= 4 is 29.0 Å². The Kier molecular flexibility index (Phi) is 2.83. The molecule has 0 heterocycles. The van der Waals surface area contributed by atoms with Crippen molar-refractivity contribution < 1.29 is 7.62 Å². The molecule has 0 aliphatic heterocycles. The fraction of sp³-hybridized carbons (Fsp3) is 0. The molecule has 0 bridgehead atoms. The average Bonchev–Trinajstić information content (AvgIpc) is 2.30. The van der Waals surface area contributed by atoms with Gasteiger partial charge in [0.25, 0.3) is 0 Å². The lowest BCUT2D eigenvalue weighted by molar-refractivity contribution is 0.103. The van der Waals surface area contributed by atoms with Crippen LogP contribution >= 0.6 is 23.2 Å². The maximum absolute atomic E-state index is 11.8. The summed E-state index contributed by atoms with van der Waals surface area (Å²) in [5.41, 5.74) is -0.238. The lowest BCUT2D eigenvalue weighted by atomic mass is 10.1. The van der Waals surface area contributed by atoms with Crippen molar-refractivity contribution in [1.29, 1.82) is 5.26 Å². The minimum Gasteiger partial charge on any atom is -0.388 e. The molecule has 0 aliphatic carbocycles. The Morgan fingerprint density at radius 2 is 2.07 bits per heavy atom. The number of halogens is 2. The second-order valence-electron chi connectivity index (χ2n) is 2.61. The topological polar surface area (TPSA) is 66.9 Å². The molecule has 1 aromatic rings. The fourth-order valence-corrected chi connectivity index (χ4v) is 1.19. The third-order valence-electron chi connectivity index (χ3n) is 1.65. The first-order valence-electron chi connectivity index (χ1n) is 4.75. The first-order valence-corrected chi connectivity index (χ1v) is 4.61. The highest BCUT2D eigenvalue weighted by atomic mass is 35.5. The Labute approximate surface area is 99.6 Å². The number of benzene rings is 1. The van der Waals surface area contributed by atoms with Gasteiger partial charge in [0.1, 0.15) is 16.8 Å². The molecule has 0 fully saturated rings. The van der Waals surface area contributed by atoms with E-state index >= 15 is 0 Å². The molecule has 5 heteroatoms. The van der Waals surface area contributed by atoms with Gasteiger partial charge < -0.3 is 5.72 Å². The summed E-state index contributed by atoms with van der Waals surface area (Å²) in [6.07, 6.45) is 0. The van der Waals surface area contributed by atoms with Gasteiger partial charge in [-0.15, -0.1) is 0 Å². The number of hydrogen-bond acceptors (Lipinski definition) is 3. The van der Waals surface area contributed by atoms with E-state index in [1.54, 1.807) is 6.07 Å². The van der Waals surface area contributed by atoms with Crippen molar-refractivity contribution in [3.05, 3.63) is 45.6 Å². The SMILES string of the molecule is [2H]N([2H])/C(Cl)=C(\C#N)C(=O)c1ccc(Cl)cc1. The summed E-state index contributed by atoms with van der Waals surface area (Å²) < 4.78 is 13.8. The van der Waals surface area contributed by atoms with Gasteiger partial charge in [0.05, 0.1) is 0 Å². The van der Waals surface area contributed by atoms with Crippen LogP contribution in [-0.4, -0.2) is 5.78 Å². The van der Waals surface area contributed by atoms with Crippen LogP contribution in [0.4, 0.5) is 0 Å². The molecule has 0 aromatic heterocycles. The summed E-state index contributed by atoms with van der Waals surface area (Å²) in [6, 6.07) is 7.44. The molecule has 76 valence electrons. The summed E-state index contributed by atoms with van der Waals surface area (Å²) in [4.78, 5) is 11.8. The third kappa shape index (κ3) is 2.72. The molecular formula is C10H6Cl2N2O. The molecule has 0 atom stereocenters. The summed E-state index contributed by atoms with van der Waals surface area (Å²) in [7, 11) is 0. The van der Waals surface area contributed by atoms with E-state index in [0.29, 0.717) is 5.02 Å². The predicted molar refractivity (Wildman–Crippen MR) is 58.5 cm³/mol. The zero-order valence-corrected chi connectivity index (χ0v) is 8.88. The van der Waals surface area contributed by atoms with Crippen molar-refractivity contribution in [1.82, 2.24) is 0 Å². The highest BCUT2D eigenvalue weighted by Crippen LogP contribution is 2.14. The lowest BCUT2D eigenvalue weighted by Gasteiger charge is -1.99. The molecule has 1 rings (SSSR count). The number of hydrogen-bond donors (Lipinski definition) is 1. The maximum atomic E-state index is 11.8. The Bertz CT molecular complexity index is 506. The highest BCUT2D eigenvalue weighted by Gasteiger charge is 2.14. The minimum absolute atomic E-state index is 0.00786. The van der Waals surface area contributed by atoms with Gasteiger partial charge in [0.2, 0.25) is 5.78 Å².